The Balaban J connectivity index is 2.53. The van der Waals surface area contributed by atoms with Crippen molar-refractivity contribution in [2.75, 3.05) is 18.4 Å². The third kappa shape index (κ3) is 4.60. The molecule has 0 spiro atoms. The highest BCUT2D eigenvalue weighted by atomic mass is 79.9. The van der Waals surface area contributed by atoms with Gasteiger partial charge in [0.1, 0.15) is 11.6 Å². The van der Waals surface area contributed by atoms with Gasteiger partial charge in [-0.05, 0) is 27.9 Å². The highest BCUT2D eigenvalue weighted by Crippen LogP contribution is 2.22. The van der Waals surface area contributed by atoms with Crippen LogP contribution < -0.4 is 10.6 Å². The summed E-state index contributed by atoms with van der Waals surface area (Å²) in [5, 5.41) is 5.23. The average Bonchev–Trinajstić information content (AvgIpc) is 2.29. The molecule has 0 bridgehead atoms. The molecule has 0 fully saturated rings. The van der Waals surface area contributed by atoms with E-state index in [1.54, 1.807) is 0 Å². The van der Waals surface area contributed by atoms with Crippen molar-refractivity contribution >= 4 is 27.5 Å². The van der Waals surface area contributed by atoms with Gasteiger partial charge in [0.2, 0.25) is 5.91 Å². The summed E-state index contributed by atoms with van der Waals surface area (Å²) in [5.74, 6) is -1.11. The second-order valence-electron chi connectivity index (χ2n) is 4.30. The summed E-state index contributed by atoms with van der Waals surface area (Å²) in [6.07, 6.45) is 0. The fourth-order valence-electron chi connectivity index (χ4n) is 1.21. The summed E-state index contributed by atoms with van der Waals surface area (Å²) in [5.41, 5.74) is -0.0320. The van der Waals surface area contributed by atoms with Gasteiger partial charge in [0.15, 0.2) is 0 Å². The minimum absolute atomic E-state index is 0.0320. The standard InChI is InChI=1S/C12H15BrF2N2O/c1-7(2)5-17-12(18)6-16-11-4-9(14)8(13)3-10(11)15/h3-4,7,16H,5-6H2,1-2H3,(H,17,18). The van der Waals surface area contributed by atoms with E-state index in [0.717, 1.165) is 12.1 Å². The fourth-order valence-corrected chi connectivity index (χ4v) is 1.53. The lowest BCUT2D eigenvalue weighted by Gasteiger charge is -2.10. The van der Waals surface area contributed by atoms with Crippen LogP contribution in [0.25, 0.3) is 0 Å². The number of halogens is 3. The van der Waals surface area contributed by atoms with Gasteiger partial charge >= 0.3 is 0 Å². The van der Waals surface area contributed by atoms with Gasteiger partial charge in [-0.3, -0.25) is 4.79 Å². The first-order valence-corrected chi connectivity index (χ1v) is 6.34. The van der Waals surface area contributed by atoms with Crippen LogP contribution in [0.5, 0.6) is 0 Å². The van der Waals surface area contributed by atoms with Crippen molar-refractivity contribution in [3.05, 3.63) is 28.2 Å². The van der Waals surface area contributed by atoms with Crippen LogP contribution in [-0.4, -0.2) is 19.0 Å². The molecule has 0 radical (unpaired) electrons. The number of carbonyl (C=O) groups is 1. The van der Waals surface area contributed by atoms with E-state index in [2.05, 4.69) is 26.6 Å². The maximum absolute atomic E-state index is 13.4. The molecular weight excluding hydrogens is 306 g/mol. The number of amides is 1. The Hall–Kier alpha value is -1.17. The van der Waals surface area contributed by atoms with Gasteiger partial charge in [0, 0.05) is 12.6 Å². The predicted molar refractivity (Wildman–Crippen MR) is 70.4 cm³/mol. The molecule has 1 amide bonds. The van der Waals surface area contributed by atoms with Crippen molar-refractivity contribution in [2.45, 2.75) is 13.8 Å². The van der Waals surface area contributed by atoms with Crippen molar-refractivity contribution in [3.8, 4) is 0 Å². The van der Waals surface area contributed by atoms with E-state index in [9.17, 15) is 13.6 Å². The summed E-state index contributed by atoms with van der Waals surface area (Å²) in [6.45, 7) is 4.40. The average molecular weight is 321 g/mol. The Morgan fingerprint density at radius 2 is 2.00 bits per heavy atom. The van der Waals surface area contributed by atoms with E-state index >= 15 is 0 Å². The maximum Gasteiger partial charge on any atom is 0.239 e. The lowest BCUT2D eigenvalue weighted by molar-refractivity contribution is -0.119. The summed E-state index contributed by atoms with van der Waals surface area (Å²) < 4.78 is 26.6. The molecule has 0 atom stereocenters. The minimum atomic E-state index is -0.611. The van der Waals surface area contributed by atoms with E-state index in [1.807, 2.05) is 13.8 Å². The number of anilines is 1. The van der Waals surface area contributed by atoms with Crippen LogP contribution in [-0.2, 0) is 4.79 Å². The van der Waals surface area contributed by atoms with Crippen LogP contribution >= 0.6 is 15.9 Å². The Morgan fingerprint density at radius 1 is 1.33 bits per heavy atom. The zero-order chi connectivity index (χ0) is 13.7. The van der Waals surface area contributed by atoms with Crippen LogP contribution in [0, 0.1) is 17.6 Å². The van der Waals surface area contributed by atoms with Gasteiger partial charge in [-0.15, -0.1) is 0 Å². The molecule has 0 saturated heterocycles. The Labute approximate surface area is 113 Å². The van der Waals surface area contributed by atoms with Crippen molar-refractivity contribution in [3.63, 3.8) is 0 Å². The van der Waals surface area contributed by atoms with E-state index in [4.69, 9.17) is 0 Å². The Morgan fingerprint density at radius 3 is 2.61 bits per heavy atom. The molecule has 0 aliphatic carbocycles. The quantitative estimate of drug-likeness (QED) is 0.819. The normalized spacial score (nSPS) is 10.6. The van der Waals surface area contributed by atoms with Gasteiger partial charge in [-0.1, -0.05) is 13.8 Å². The van der Waals surface area contributed by atoms with Crippen molar-refractivity contribution in [2.24, 2.45) is 5.92 Å². The first-order chi connectivity index (χ1) is 8.40. The predicted octanol–water partition coefficient (Wildman–Crippen LogP) is 2.91. The molecule has 18 heavy (non-hydrogen) atoms. The smallest absolute Gasteiger partial charge is 0.239 e. The lowest BCUT2D eigenvalue weighted by Crippen LogP contribution is -2.32. The minimum Gasteiger partial charge on any atom is -0.374 e. The zero-order valence-corrected chi connectivity index (χ0v) is 11.8. The number of hydrogen-bond acceptors (Lipinski definition) is 2. The molecule has 0 aromatic heterocycles. The number of rotatable bonds is 5. The largest absolute Gasteiger partial charge is 0.374 e. The van der Waals surface area contributed by atoms with E-state index in [1.165, 1.54) is 0 Å². The fraction of sp³-hybridized carbons (Fsp3) is 0.417. The first kappa shape index (κ1) is 14.9. The monoisotopic (exact) mass is 320 g/mol. The second kappa shape index (κ2) is 6.68. The summed E-state index contributed by atoms with van der Waals surface area (Å²) in [4.78, 5) is 11.4. The molecule has 0 heterocycles. The molecule has 0 aliphatic heterocycles. The number of hydrogen-bond donors (Lipinski definition) is 2. The first-order valence-electron chi connectivity index (χ1n) is 5.55. The van der Waals surface area contributed by atoms with Crippen LogP contribution in [0.4, 0.5) is 14.5 Å². The second-order valence-corrected chi connectivity index (χ2v) is 5.15. The van der Waals surface area contributed by atoms with Crippen molar-refractivity contribution in [1.82, 2.24) is 5.32 Å². The lowest BCUT2D eigenvalue weighted by atomic mass is 10.2. The molecule has 1 aromatic carbocycles. The molecule has 2 N–H and O–H groups in total. The van der Waals surface area contributed by atoms with Gasteiger partial charge in [0.25, 0.3) is 0 Å². The number of benzene rings is 1. The van der Waals surface area contributed by atoms with Crippen LogP contribution in [0.2, 0.25) is 0 Å². The van der Waals surface area contributed by atoms with E-state index in [0.29, 0.717) is 12.5 Å². The molecule has 0 unspecified atom stereocenters. The van der Waals surface area contributed by atoms with E-state index in [-0.39, 0.29) is 22.6 Å². The van der Waals surface area contributed by atoms with Gasteiger partial charge in [-0.25, -0.2) is 8.78 Å². The molecule has 100 valence electrons. The molecule has 6 heteroatoms. The SMILES string of the molecule is CC(C)CNC(=O)CNc1cc(F)c(Br)cc1F. The van der Waals surface area contributed by atoms with Gasteiger partial charge in [-0.2, -0.15) is 0 Å². The van der Waals surface area contributed by atoms with E-state index < -0.39 is 11.6 Å². The third-order valence-electron chi connectivity index (χ3n) is 2.16. The van der Waals surface area contributed by atoms with Gasteiger partial charge < -0.3 is 10.6 Å². The molecular formula is C12H15BrF2N2O. The maximum atomic E-state index is 13.4. The third-order valence-corrected chi connectivity index (χ3v) is 2.76. The summed E-state index contributed by atoms with van der Waals surface area (Å²) in [7, 11) is 0. The number of carbonyl (C=O) groups excluding carboxylic acids is 1. The summed E-state index contributed by atoms with van der Waals surface area (Å²) in [6, 6.07) is 2.03. The highest BCUT2D eigenvalue weighted by Gasteiger charge is 2.09. The molecule has 0 aliphatic rings. The Bertz CT molecular complexity index is 438. The van der Waals surface area contributed by atoms with Crippen LogP contribution in [0.15, 0.2) is 16.6 Å². The van der Waals surface area contributed by atoms with Crippen LogP contribution in [0.3, 0.4) is 0 Å². The highest BCUT2D eigenvalue weighted by molar-refractivity contribution is 9.10. The molecule has 0 saturated carbocycles. The molecule has 1 rings (SSSR count). The molecule has 3 nitrogen and oxygen atoms in total. The van der Waals surface area contributed by atoms with Crippen molar-refractivity contribution < 1.29 is 13.6 Å². The van der Waals surface area contributed by atoms with Crippen LogP contribution in [0.1, 0.15) is 13.8 Å². The zero-order valence-electron chi connectivity index (χ0n) is 10.2. The van der Waals surface area contributed by atoms with Crippen molar-refractivity contribution in [1.29, 1.82) is 0 Å². The molecule has 1 aromatic rings. The number of nitrogens with one attached hydrogen (secondary N) is 2. The Kier molecular flexibility index (Phi) is 5.53. The summed E-state index contributed by atoms with van der Waals surface area (Å²) >= 11 is 2.88. The topological polar surface area (TPSA) is 41.1 Å². The van der Waals surface area contributed by atoms with Gasteiger partial charge in [0.05, 0.1) is 16.7 Å².